The van der Waals surface area contributed by atoms with Crippen molar-refractivity contribution in [3.63, 3.8) is 0 Å². The first-order valence-electron chi connectivity index (χ1n) is 10.2. The van der Waals surface area contributed by atoms with Crippen LogP contribution in [0.1, 0.15) is 24.0 Å². The Morgan fingerprint density at radius 2 is 1.70 bits per heavy atom. The van der Waals surface area contributed by atoms with E-state index in [1.165, 1.54) is 20.3 Å². The third-order valence-electron chi connectivity index (χ3n) is 5.55. The van der Waals surface area contributed by atoms with E-state index in [0.29, 0.717) is 11.5 Å². The van der Waals surface area contributed by atoms with E-state index < -0.39 is 32.6 Å². The highest BCUT2D eigenvalue weighted by Crippen LogP contribution is 2.36. The van der Waals surface area contributed by atoms with Gasteiger partial charge in [-0.05, 0) is 42.7 Å². The molecule has 1 aliphatic rings. The molecule has 11 heteroatoms. The van der Waals surface area contributed by atoms with Gasteiger partial charge in [-0.2, -0.15) is 17.5 Å². The molecule has 0 spiro atoms. The van der Waals surface area contributed by atoms with Crippen LogP contribution in [0, 0.1) is 5.92 Å². The van der Waals surface area contributed by atoms with Crippen LogP contribution < -0.4 is 14.8 Å². The number of methoxy groups -OCH3 is 2. The Bertz CT molecular complexity index is 1100. The summed E-state index contributed by atoms with van der Waals surface area (Å²) >= 11 is 0. The molecule has 7 nitrogen and oxygen atoms in total. The second-order valence-electron chi connectivity index (χ2n) is 7.58. The van der Waals surface area contributed by atoms with Gasteiger partial charge in [-0.3, -0.25) is 4.79 Å². The molecule has 0 atom stereocenters. The predicted octanol–water partition coefficient (Wildman–Crippen LogP) is 3.44. The number of halogens is 3. The number of sulfonamides is 1. The molecule has 0 saturated carbocycles. The Kier molecular flexibility index (Phi) is 7.53. The molecule has 0 aliphatic carbocycles. The minimum atomic E-state index is -4.79. The van der Waals surface area contributed by atoms with E-state index in [9.17, 15) is 26.4 Å². The molecule has 3 rings (SSSR count). The van der Waals surface area contributed by atoms with Gasteiger partial charge in [0, 0.05) is 25.6 Å². The largest absolute Gasteiger partial charge is 0.493 e. The van der Waals surface area contributed by atoms with Crippen molar-refractivity contribution in [2.75, 3.05) is 27.3 Å². The zero-order valence-electron chi connectivity index (χ0n) is 18.2. The molecule has 1 amide bonds. The number of hydrogen-bond acceptors (Lipinski definition) is 5. The molecule has 2 aromatic rings. The summed E-state index contributed by atoms with van der Waals surface area (Å²) in [4.78, 5) is 11.8. The Morgan fingerprint density at radius 1 is 1.06 bits per heavy atom. The molecule has 2 aromatic carbocycles. The number of nitrogens with zero attached hydrogens (tertiary/aromatic N) is 1. The summed E-state index contributed by atoms with van der Waals surface area (Å²) in [5, 5.41) is 2.82. The van der Waals surface area contributed by atoms with E-state index in [2.05, 4.69) is 5.32 Å². The molecule has 1 fully saturated rings. The fraction of sp³-hybridized carbons (Fsp3) is 0.409. The normalized spacial score (nSPS) is 15.8. The van der Waals surface area contributed by atoms with Gasteiger partial charge in [0.05, 0.1) is 24.7 Å². The fourth-order valence-electron chi connectivity index (χ4n) is 3.75. The van der Waals surface area contributed by atoms with Crippen LogP contribution in [0.2, 0.25) is 0 Å². The van der Waals surface area contributed by atoms with Crippen LogP contribution in [0.5, 0.6) is 11.5 Å². The number of amides is 1. The monoisotopic (exact) mass is 486 g/mol. The van der Waals surface area contributed by atoms with Crippen molar-refractivity contribution in [2.45, 2.75) is 30.5 Å². The summed E-state index contributed by atoms with van der Waals surface area (Å²) in [6.07, 6.45) is -4.36. The number of piperidine rings is 1. The smallest absolute Gasteiger partial charge is 0.417 e. The molecule has 33 heavy (non-hydrogen) atoms. The summed E-state index contributed by atoms with van der Waals surface area (Å²) < 4.78 is 77.0. The first-order valence-corrected chi connectivity index (χ1v) is 11.7. The molecular formula is C22H25F3N2O5S. The summed E-state index contributed by atoms with van der Waals surface area (Å²) in [7, 11) is -1.31. The lowest BCUT2D eigenvalue weighted by molar-refractivity contribution is -0.139. The first-order chi connectivity index (χ1) is 15.6. The highest BCUT2D eigenvalue weighted by atomic mass is 32.2. The van der Waals surface area contributed by atoms with E-state index in [4.69, 9.17) is 9.47 Å². The van der Waals surface area contributed by atoms with Crippen molar-refractivity contribution in [3.8, 4) is 11.5 Å². The van der Waals surface area contributed by atoms with E-state index >= 15 is 0 Å². The third kappa shape index (κ3) is 5.59. The number of rotatable bonds is 7. The average Bonchev–Trinajstić information content (AvgIpc) is 2.81. The van der Waals surface area contributed by atoms with Gasteiger partial charge in [0.25, 0.3) is 0 Å². The third-order valence-corrected chi connectivity index (χ3v) is 7.51. The zero-order chi connectivity index (χ0) is 24.2. The average molecular weight is 487 g/mol. The number of benzene rings is 2. The van der Waals surface area contributed by atoms with Crippen molar-refractivity contribution in [2.24, 2.45) is 5.92 Å². The topological polar surface area (TPSA) is 84.9 Å². The molecule has 0 bridgehead atoms. The lowest BCUT2D eigenvalue weighted by atomic mass is 9.97. The molecule has 0 radical (unpaired) electrons. The van der Waals surface area contributed by atoms with Crippen LogP contribution in [-0.2, 0) is 27.5 Å². The Labute approximate surface area is 190 Å². The van der Waals surface area contributed by atoms with Crippen LogP contribution in [0.4, 0.5) is 13.2 Å². The molecule has 1 heterocycles. The summed E-state index contributed by atoms with van der Waals surface area (Å²) in [6, 6.07) is 9.37. The number of ether oxygens (including phenoxy) is 2. The lowest BCUT2D eigenvalue weighted by Gasteiger charge is -2.31. The van der Waals surface area contributed by atoms with Crippen molar-refractivity contribution in [1.82, 2.24) is 9.62 Å². The van der Waals surface area contributed by atoms with Crippen LogP contribution in [0.25, 0.3) is 0 Å². The Balaban J connectivity index is 1.61. The maximum atomic E-state index is 13.3. The van der Waals surface area contributed by atoms with Crippen LogP contribution in [-0.4, -0.2) is 45.9 Å². The van der Waals surface area contributed by atoms with Gasteiger partial charge in [-0.25, -0.2) is 8.42 Å². The molecule has 0 unspecified atom stereocenters. The van der Waals surface area contributed by atoms with Crippen LogP contribution in [0.15, 0.2) is 47.4 Å². The van der Waals surface area contributed by atoms with Gasteiger partial charge in [0.2, 0.25) is 15.9 Å². The van der Waals surface area contributed by atoms with Gasteiger partial charge in [0.15, 0.2) is 11.5 Å². The van der Waals surface area contributed by atoms with Crippen molar-refractivity contribution >= 4 is 15.9 Å². The molecule has 0 aromatic heterocycles. The number of alkyl halides is 3. The van der Waals surface area contributed by atoms with Gasteiger partial charge < -0.3 is 14.8 Å². The first kappa shape index (κ1) is 24.8. The van der Waals surface area contributed by atoms with Crippen molar-refractivity contribution in [3.05, 3.63) is 53.6 Å². The van der Waals surface area contributed by atoms with E-state index in [1.54, 1.807) is 18.2 Å². The SMILES string of the molecule is COc1ccc(CNC(=O)C2CCN(S(=O)(=O)c3ccccc3C(F)(F)F)CC2)cc1OC. The highest BCUT2D eigenvalue weighted by Gasteiger charge is 2.40. The molecular weight excluding hydrogens is 461 g/mol. The van der Waals surface area contributed by atoms with E-state index in [-0.39, 0.29) is 38.4 Å². The van der Waals surface area contributed by atoms with Crippen LogP contribution >= 0.6 is 0 Å². The number of nitrogens with one attached hydrogen (secondary N) is 1. The Hall–Kier alpha value is -2.79. The summed E-state index contributed by atoms with van der Waals surface area (Å²) in [5.41, 5.74) is -0.399. The number of carbonyl (C=O) groups excluding carboxylic acids is 1. The van der Waals surface area contributed by atoms with Crippen LogP contribution in [0.3, 0.4) is 0 Å². The predicted molar refractivity (Wildman–Crippen MR) is 114 cm³/mol. The molecule has 1 saturated heterocycles. The maximum Gasteiger partial charge on any atom is 0.417 e. The second-order valence-corrected chi connectivity index (χ2v) is 9.49. The van der Waals surface area contributed by atoms with E-state index in [1.807, 2.05) is 0 Å². The molecule has 1 N–H and O–H groups in total. The summed E-state index contributed by atoms with van der Waals surface area (Å²) in [6.45, 7) is 0.169. The minimum Gasteiger partial charge on any atom is -0.493 e. The van der Waals surface area contributed by atoms with Gasteiger partial charge in [-0.1, -0.05) is 18.2 Å². The summed E-state index contributed by atoms with van der Waals surface area (Å²) in [5.74, 6) is 0.419. The second kappa shape index (κ2) is 10.0. The Morgan fingerprint density at radius 3 is 2.30 bits per heavy atom. The highest BCUT2D eigenvalue weighted by molar-refractivity contribution is 7.89. The number of hydrogen-bond donors (Lipinski definition) is 1. The van der Waals surface area contributed by atoms with E-state index in [0.717, 1.165) is 28.1 Å². The van der Waals surface area contributed by atoms with Crippen molar-refractivity contribution < 1.29 is 35.9 Å². The molecule has 1 aliphatic heterocycles. The molecule has 180 valence electrons. The van der Waals surface area contributed by atoms with Crippen molar-refractivity contribution in [1.29, 1.82) is 0 Å². The number of carbonyl (C=O) groups is 1. The van der Waals surface area contributed by atoms with Gasteiger partial charge >= 0.3 is 6.18 Å². The standard InChI is InChI=1S/C22H25F3N2O5S/c1-31-18-8-7-15(13-19(18)32-2)14-26-21(28)16-9-11-27(12-10-16)33(29,30)20-6-4-3-5-17(20)22(23,24)25/h3-8,13,16H,9-12,14H2,1-2H3,(H,26,28). The minimum absolute atomic E-state index is 0.0387. The zero-order valence-corrected chi connectivity index (χ0v) is 19.0. The quantitative estimate of drug-likeness (QED) is 0.648. The van der Waals surface area contributed by atoms with Gasteiger partial charge in [-0.15, -0.1) is 0 Å². The van der Waals surface area contributed by atoms with Gasteiger partial charge in [0.1, 0.15) is 0 Å². The fourth-order valence-corrected chi connectivity index (χ4v) is 5.43. The maximum absolute atomic E-state index is 13.3. The lowest BCUT2D eigenvalue weighted by Crippen LogP contribution is -2.43.